The van der Waals surface area contributed by atoms with Gasteiger partial charge in [-0.3, -0.25) is 0 Å². The van der Waals surface area contributed by atoms with Crippen LogP contribution < -0.4 is 9.46 Å². The Bertz CT molecular complexity index is 1420. The summed E-state index contributed by atoms with van der Waals surface area (Å²) in [6.07, 6.45) is 0. The minimum Gasteiger partial charge on any atom is -0.439 e. The van der Waals surface area contributed by atoms with Crippen molar-refractivity contribution in [3.63, 3.8) is 0 Å². The summed E-state index contributed by atoms with van der Waals surface area (Å²) in [6, 6.07) is 17.0. The normalized spacial score (nSPS) is 12.1. The summed E-state index contributed by atoms with van der Waals surface area (Å²) in [5, 5.41) is 12.6. The summed E-state index contributed by atoms with van der Waals surface area (Å²) in [7, 11) is -3.37. The highest BCUT2D eigenvalue weighted by Gasteiger charge is 2.26. The number of hydrogen-bond donors (Lipinski definition) is 1. The molecule has 35 heavy (non-hydrogen) atoms. The average molecular weight is 496 g/mol. The molecule has 0 fully saturated rings. The third-order valence-corrected chi connectivity index (χ3v) is 7.14. The van der Waals surface area contributed by atoms with E-state index in [1.165, 1.54) is 0 Å². The maximum atomic E-state index is 12.2. The van der Waals surface area contributed by atoms with E-state index in [-0.39, 0.29) is 5.75 Å². The second-order valence-electron chi connectivity index (χ2n) is 8.65. The van der Waals surface area contributed by atoms with Gasteiger partial charge in [-0.15, -0.1) is 10.2 Å². The standard InChI is InChI=1S/C25H29N5O4S/c1-6-30-23(34-21-13-11-18(12-14-21)24-27-26-17(3)33-24)16-22(28-30)19-9-8-10-20(15-19)25(4,5)29-35(31,32)7-2/h8-16,29H,6-7H2,1-5H3. The molecule has 2 heterocycles. The van der Waals surface area contributed by atoms with Crippen LogP contribution in [0.5, 0.6) is 11.6 Å². The molecule has 2 aromatic heterocycles. The Labute approximate surface area is 205 Å². The Kier molecular flexibility index (Phi) is 6.77. The molecular weight excluding hydrogens is 466 g/mol. The highest BCUT2D eigenvalue weighted by Crippen LogP contribution is 2.31. The van der Waals surface area contributed by atoms with Gasteiger partial charge in [0.1, 0.15) is 5.75 Å². The Morgan fingerprint density at radius 1 is 1.03 bits per heavy atom. The molecule has 10 heteroatoms. The predicted molar refractivity (Wildman–Crippen MR) is 134 cm³/mol. The first-order valence-corrected chi connectivity index (χ1v) is 13.0. The molecule has 0 aliphatic rings. The molecule has 0 bridgehead atoms. The van der Waals surface area contributed by atoms with Crippen LogP contribution in [-0.4, -0.2) is 34.1 Å². The fraction of sp³-hybridized carbons (Fsp3) is 0.320. The molecule has 0 saturated carbocycles. The number of benzene rings is 2. The van der Waals surface area contributed by atoms with E-state index < -0.39 is 15.6 Å². The summed E-state index contributed by atoms with van der Waals surface area (Å²) >= 11 is 0. The van der Waals surface area contributed by atoms with Crippen LogP contribution in [0.1, 0.15) is 39.1 Å². The molecule has 0 aliphatic carbocycles. The van der Waals surface area contributed by atoms with E-state index in [1.54, 1.807) is 18.5 Å². The molecule has 0 aliphatic heterocycles. The molecule has 0 saturated heterocycles. The predicted octanol–water partition coefficient (Wildman–Crippen LogP) is 4.90. The number of nitrogens with one attached hydrogen (secondary N) is 1. The summed E-state index contributed by atoms with van der Waals surface area (Å²) < 4.78 is 40.4. The number of hydrogen-bond acceptors (Lipinski definition) is 7. The summed E-state index contributed by atoms with van der Waals surface area (Å²) in [5.41, 5.74) is 2.48. The molecule has 0 spiro atoms. The molecule has 4 aromatic rings. The van der Waals surface area contributed by atoms with Crippen molar-refractivity contribution >= 4 is 10.0 Å². The molecule has 0 unspecified atom stereocenters. The number of aryl methyl sites for hydroxylation is 2. The van der Waals surface area contributed by atoms with Gasteiger partial charge in [0.25, 0.3) is 0 Å². The van der Waals surface area contributed by atoms with Crippen LogP contribution in [0.2, 0.25) is 0 Å². The second kappa shape index (κ2) is 9.63. The van der Waals surface area contributed by atoms with Gasteiger partial charge in [-0.05, 0) is 63.6 Å². The van der Waals surface area contributed by atoms with Crippen molar-refractivity contribution in [2.45, 2.75) is 46.7 Å². The van der Waals surface area contributed by atoms with Crippen molar-refractivity contribution < 1.29 is 17.6 Å². The molecule has 9 nitrogen and oxygen atoms in total. The van der Waals surface area contributed by atoms with Crippen LogP contribution in [-0.2, 0) is 22.1 Å². The van der Waals surface area contributed by atoms with Crippen molar-refractivity contribution in [1.29, 1.82) is 0 Å². The number of rotatable bonds is 9. The molecular formula is C25H29N5O4S. The molecule has 0 radical (unpaired) electrons. The van der Waals surface area contributed by atoms with E-state index >= 15 is 0 Å². The van der Waals surface area contributed by atoms with E-state index in [1.807, 2.05) is 75.4 Å². The van der Waals surface area contributed by atoms with Crippen molar-refractivity contribution in [3.8, 4) is 34.3 Å². The van der Waals surface area contributed by atoms with Crippen LogP contribution >= 0.6 is 0 Å². The topological polar surface area (TPSA) is 112 Å². The maximum Gasteiger partial charge on any atom is 0.247 e. The Morgan fingerprint density at radius 2 is 1.77 bits per heavy atom. The van der Waals surface area contributed by atoms with Gasteiger partial charge < -0.3 is 9.15 Å². The zero-order chi connectivity index (χ0) is 25.2. The van der Waals surface area contributed by atoms with Gasteiger partial charge in [0.15, 0.2) is 0 Å². The number of sulfonamides is 1. The van der Waals surface area contributed by atoms with Crippen LogP contribution in [0, 0.1) is 6.92 Å². The van der Waals surface area contributed by atoms with Gasteiger partial charge in [0.2, 0.25) is 27.7 Å². The zero-order valence-corrected chi connectivity index (χ0v) is 21.3. The second-order valence-corrected chi connectivity index (χ2v) is 10.7. The van der Waals surface area contributed by atoms with Crippen LogP contribution in [0.3, 0.4) is 0 Å². The average Bonchev–Trinajstić information content (AvgIpc) is 3.45. The minimum atomic E-state index is -3.37. The Balaban J connectivity index is 1.58. The quantitative estimate of drug-likeness (QED) is 0.352. The molecule has 4 rings (SSSR count). The molecule has 0 atom stereocenters. The lowest BCUT2D eigenvalue weighted by atomic mass is 9.93. The van der Waals surface area contributed by atoms with Crippen molar-refractivity contribution in [1.82, 2.24) is 24.7 Å². The van der Waals surface area contributed by atoms with Gasteiger partial charge in [0, 0.05) is 30.7 Å². The van der Waals surface area contributed by atoms with Gasteiger partial charge in [-0.25, -0.2) is 17.8 Å². The lowest BCUT2D eigenvalue weighted by molar-refractivity contribution is 0.417. The van der Waals surface area contributed by atoms with Gasteiger partial charge in [-0.2, -0.15) is 5.10 Å². The summed E-state index contributed by atoms with van der Waals surface area (Å²) in [6.45, 7) is 9.67. The van der Waals surface area contributed by atoms with Crippen molar-refractivity contribution in [3.05, 3.63) is 66.1 Å². The number of ether oxygens (including phenoxy) is 1. The first-order valence-electron chi connectivity index (χ1n) is 11.4. The van der Waals surface area contributed by atoms with E-state index in [4.69, 9.17) is 14.3 Å². The van der Waals surface area contributed by atoms with Crippen LogP contribution in [0.25, 0.3) is 22.7 Å². The van der Waals surface area contributed by atoms with Crippen LogP contribution in [0.4, 0.5) is 0 Å². The zero-order valence-electron chi connectivity index (χ0n) is 20.4. The Hall–Kier alpha value is -3.50. The lowest BCUT2D eigenvalue weighted by Crippen LogP contribution is -2.41. The number of nitrogens with zero attached hydrogens (tertiary/aromatic N) is 4. The Morgan fingerprint density at radius 3 is 2.40 bits per heavy atom. The van der Waals surface area contributed by atoms with E-state index in [2.05, 4.69) is 14.9 Å². The van der Waals surface area contributed by atoms with E-state index in [0.29, 0.717) is 30.0 Å². The maximum absolute atomic E-state index is 12.2. The first-order chi connectivity index (χ1) is 16.6. The van der Waals surface area contributed by atoms with E-state index in [9.17, 15) is 8.42 Å². The fourth-order valence-electron chi connectivity index (χ4n) is 3.64. The SMILES string of the molecule is CCn1nc(-c2cccc(C(C)(C)NS(=O)(=O)CC)c2)cc1Oc1ccc(-c2nnc(C)o2)cc1. The summed E-state index contributed by atoms with van der Waals surface area (Å²) in [5.74, 6) is 2.23. The third-order valence-electron chi connectivity index (χ3n) is 5.56. The highest BCUT2D eigenvalue weighted by molar-refractivity contribution is 7.89. The van der Waals surface area contributed by atoms with Crippen LogP contribution in [0.15, 0.2) is 59.0 Å². The fourth-order valence-corrected chi connectivity index (χ4v) is 4.68. The van der Waals surface area contributed by atoms with E-state index in [0.717, 1.165) is 22.4 Å². The highest BCUT2D eigenvalue weighted by atomic mass is 32.2. The summed E-state index contributed by atoms with van der Waals surface area (Å²) in [4.78, 5) is 0. The number of aromatic nitrogens is 4. The minimum absolute atomic E-state index is 0.0211. The molecule has 184 valence electrons. The molecule has 0 amide bonds. The third kappa shape index (κ3) is 5.60. The monoisotopic (exact) mass is 495 g/mol. The molecule has 1 N–H and O–H groups in total. The van der Waals surface area contributed by atoms with Gasteiger partial charge in [-0.1, -0.05) is 18.2 Å². The van der Waals surface area contributed by atoms with Crippen molar-refractivity contribution in [2.24, 2.45) is 0 Å². The largest absolute Gasteiger partial charge is 0.439 e. The van der Waals surface area contributed by atoms with Gasteiger partial charge >= 0.3 is 0 Å². The first kappa shape index (κ1) is 24.6. The smallest absolute Gasteiger partial charge is 0.247 e. The van der Waals surface area contributed by atoms with Gasteiger partial charge in [0.05, 0.1) is 17.0 Å². The molecule has 2 aromatic carbocycles. The van der Waals surface area contributed by atoms with Crippen molar-refractivity contribution in [2.75, 3.05) is 5.75 Å². The lowest BCUT2D eigenvalue weighted by Gasteiger charge is -2.26.